The van der Waals surface area contributed by atoms with Gasteiger partial charge in [-0.15, -0.1) is 0 Å². The van der Waals surface area contributed by atoms with E-state index in [9.17, 15) is 15.0 Å². The number of benzene rings is 3. The van der Waals surface area contributed by atoms with Gasteiger partial charge in [0.2, 0.25) is 0 Å². The summed E-state index contributed by atoms with van der Waals surface area (Å²) < 4.78 is 1.97. The average Bonchev–Trinajstić information content (AvgIpc) is 3.20. The first-order valence-electron chi connectivity index (χ1n) is 8.72. The molecule has 1 aromatic heterocycles. The van der Waals surface area contributed by atoms with E-state index in [1.54, 1.807) is 65.5 Å². The van der Waals surface area contributed by atoms with Crippen LogP contribution in [0, 0.1) is 0 Å². The van der Waals surface area contributed by atoms with Crippen LogP contribution in [0.25, 0.3) is 16.9 Å². The molecule has 0 unspecified atom stereocenters. The first-order valence-corrected chi connectivity index (χ1v) is 9.51. The number of nitrogens with two attached hydrogens (primary N) is 1. The van der Waals surface area contributed by atoms with Crippen molar-refractivity contribution in [3.63, 3.8) is 0 Å². The topological polar surface area (TPSA) is 101 Å². The lowest BCUT2D eigenvalue weighted by molar-refractivity contribution is 0.103. The van der Waals surface area contributed by atoms with Gasteiger partial charge in [0.15, 0.2) is 5.78 Å². The van der Waals surface area contributed by atoms with Gasteiger partial charge >= 0.3 is 0 Å². The summed E-state index contributed by atoms with van der Waals surface area (Å²) in [6, 6.07) is 18.6. The third kappa shape index (κ3) is 3.36. The Morgan fingerprint density at radius 3 is 2.48 bits per heavy atom. The first-order chi connectivity index (χ1) is 14.0. The zero-order valence-electron chi connectivity index (χ0n) is 15.1. The molecule has 4 N–H and O–H groups in total. The van der Waals surface area contributed by atoms with Gasteiger partial charge in [-0.2, -0.15) is 5.10 Å². The number of rotatable bonds is 4. The van der Waals surface area contributed by atoms with Crippen LogP contribution in [0.15, 0.2) is 77.4 Å². The summed E-state index contributed by atoms with van der Waals surface area (Å²) in [4.78, 5) is 13.2. The maximum atomic E-state index is 13.2. The summed E-state index contributed by atoms with van der Waals surface area (Å²) in [6.07, 6.45) is 1.56. The Kier molecular flexibility index (Phi) is 4.82. The molecule has 0 aliphatic heterocycles. The van der Waals surface area contributed by atoms with Gasteiger partial charge in [0.25, 0.3) is 0 Å². The minimum Gasteiger partial charge on any atom is -0.507 e. The highest BCUT2D eigenvalue weighted by Crippen LogP contribution is 2.38. The maximum absolute atomic E-state index is 13.2. The second-order valence-electron chi connectivity index (χ2n) is 6.39. The third-order valence-electron chi connectivity index (χ3n) is 4.55. The van der Waals surface area contributed by atoms with Crippen LogP contribution in [0.2, 0.25) is 0 Å². The van der Waals surface area contributed by atoms with Gasteiger partial charge < -0.3 is 15.9 Å². The molecule has 4 rings (SSSR count). The van der Waals surface area contributed by atoms with Gasteiger partial charge in [-0.3, -0.25) is 4.79 Å². The number of hydrogen-bond donors (Lipinski definition) is 3. The normalized spacial score (nSPS) is 10.8. The van der Waals surface area contributed by atoms with Crippen molar-refractivity contribution in [3.8, 4) is 28.4 Å². The number of carbonyl (C=O) groups is 1. The number of phenols is 2. The SMILES string of the molecule is Nc1cccc(-n2nccc2-c2cc(Br)c(O)cc2O)c1C(=O)c1ccccc1. The van der Waals surface area contributed by atoms with Crippen LogP contribution in [0.4, 0.5) is 5.69 Å². The van der Waals surface area contributed by atoms with E-state index in [0.29, 0.717) is 38.2 Å². The standard InChI is InChI=1S/C22H16BrN3O3/c23-15-11-14(19(27)12-20(15)28)17-9-10-25-26(17)18-8-4-7-16(24)21(18)22(29)13-5-2-1-3-6-13/h1-12,27-28H,24H2. The van der Waals surface area contributed by atoms with E-state index in [-0.39, 0.29) is 17.3 Å². The average molecular weight is 450 g/mol. The fourth-order valence-corrected chi connectivity index (χ4v) is 3.51. The molecular weight excluding hydrogens is 434 g/mol. The fourth-order valence-electron chi connectivity index (χ4n) is 3.17. The molecule has 0 aliphatic rings. The molecule has 3 aromatic carbocycles. The number of nitrogen functional groups attached to an aromatic ring is 1. The number of aromatic hydroxyl groups is 2. The van der Waals surface area contributed by atoms with Gasteiger partial charge in [0.05, 0.1) is 27.6 Å². The molecule has 144 valence electrons. The Morgan fingerprint density at radius 2 is 1.72 bits per heavy atom. The number of aromatic nitrogens is 2. The van der Waals surface area contributed by atoms with E-state index < -0.39 is 0 Å². The summed E-state index contributed by atoms with van der Waals surface area (Å²) in [5.74, 6) is -0.426. The lowest BCUT2D eigenvalue weighted by Crippen LogP contribution is -2.12. The number of nitrogens with zero attached hydrogens (tertiary/aromatic N) is 2. The number of carbonyl (C=O) groups excluding carboxylic acids is 1. The number of hydrogen-bond acceptors (Lipinski definition) is 5. The highest BCUT2D eigenvalue weighted by atomic mass is 79.9. The van der Waals surface area contributed by atoms with Crippen molar-refractivity contribution in [1.82, 2.24) is 9.78 Å². The number of anilines is 1. The van der Waals surface area contributed by atoms with Crippen molar-refractivity contribution >= 4 is 27.4 Å². The van der Waals surface area contributed by atoms with Gasteiger partial charge in [0, 0.05) is 22.9 Å². The van der Waals surface area contributed by atoms with E-state index in [0.717, 1.165) is 0 Å². The van der Waals surface area contributed by atoms with Gasteiger partial charge in [-0.05, 0) is 40.2 Å². The third-order valence-corrected chi connectivity index (χ3v) is 5.18. The Morgan fingerprint density at radius 1 is 0.966 bits per heavy atom. The minimum absolute atomic E-state index is 0.0822. The predicted octanol–water partition coefficient (Wildman–Crippen LogP) is 4.53. The monoisotopic (exact) mass is 449 g/mol. The smallest absolute Gasteiger partial charge is 0.197 e. The first kappa shape index (κ1) is 18.8. The van der Waals surface area contributed by atoms with Crippen LogP contribution in [0.1, 0.15) is 15.9 Å². The maximum Gasteiger partial charge on any atom is 0.197 e. The summed E-state index contributed by atoms with van der Waals surface area (Å²) in [5.41, 5.74) is 8.80. The van der Waals surface area contributed by atoms with Gasteiger partial charge in [-0.1, -0.05) is 36.4 Å². The zero-order chi connectivity index (χ0) is 20.5. The minimum atomic E-state index is -0.226. The number of halogens is 1. The second-order valence-corrected chi connectivity index (χ2v) is 7.24. The Hall–Kier alpha value is -3.58. The quantitative estimate of drug-likeness (QED) is 0.313. The Balaban J connectivity index is 1.91. The molecule has 0 aliphatic carbocycles. The summed E-state index contributed by atoms with van der Waals surface area (Å²) >= 11 is 3.26. The van der Waals surface area contributed by atoms with Gasteiger partial charge in [-0.25, -0.2) is 4.68 Å². The Labute approximate surface area is 175 Å². The molecule has 0 saturated heterocycles. The zero-order valence-corrected chi connectivity index (χ0v) is 16.7. The Bertz CT molecular complexity index is 1220. The summed E-state index contributed by atoms with van der Waals surface area (Å²) in [7, 11) is 0. The molecule has 0 spiro atoms. The van der Waals surface area contributed by atoms with E-state index in [1.807, 2.05) is 6.07 Å². The van der Waals surface area contributed by atoms with E-state index in [2.05, 4.69) is 21.0 Å². The van der Waals surface area contributed by atoms with E-state index in [1.165, 1.54) is 6.07 Å². The van der Waals surface area contributed by atoms with E-state index in [4.69, 9.17) is 5.73 Å². The lowest BCUT2D eigenvalue weighted by atomic mass is 9.99. The predicted molar refractivity (Wildman–Crippen MR) is 114 cm³/mol. The number of phenolic OH excluding ortho intramolecular Hbond substituents is 2. The molecule has 0 radical (unpaired) electrons. The van der Waals surface area contributed by atoms with E-state index >= 15 is 0 Å². The molecule has 0 fully saturated rings. The molecule has 4 aromatic rings. The van der Waals surface area contributed by atoms with Crippen LogP contribution >= 0.6 is 15.9 Å². The molecule has 29 heavy (non-hydrogen) atoms. The van der Waals surface area contributed by atoms with Crippen LogP contribution in [0.3, 0.4) is 0 Å². The lowest BCUT2D eigenvalue weighted by Gasteiger charge is -2.15. The molecule has 0 amide bonds. The molecule has 6 nitrogen and oxygen atoms in total. The van der Waals surface area contributed by atoms with Crippen LogP contribution < -0.4 is 5.73 Å². The second kappa shape index (κ2) is 7.44. The van der Waals surface area contributed by atoms with Crippen LogP contribution in [-0.4, -0.2) is 25.8 Å². The highest BCUT2D eigenvalue weighted by molar-refractivity contribution is 9.10. The molecule has 1 heterocycles. The molecular formula is C22H16BrN3O3. The molecule has 0 bridgehead atoms. The van der Waals surface area contributed by atoms with Crippen molar-refractivity contribution in [2.45, 2.75) is 0 Å². The van der Waals surface area contributed by atoms with Gasteiger partial charge in [0.1, 0.15) is 11.5 Å². The molecule has 0 saturated carbocycles. The highest BCUT2D eigenvalue weighted by Gasteiger charge is 2.21. The van der Waals surface area contributed by atoms with Crippen molar-refractivity contribution in [2.75, 3.05) is 5.73 Å². The fraction of sp³-hybridized carbons (Fsp3) is 0. The van der Waals surface area contributed by atoms with Crippen molar-refractivity contribution < 1.29 is 15.0 Å². The van der Waals surface area contributed by atoms with Crippen molar-refractivity contribution in [3.05, 3.63) is 88.5 Å². The summed E-state index contributed by atoms with van der Waals surface area (Å²) in [6.45, 7) is 0. The molecule has 0 atom stereocenters. The van der Waals surface area contributed by atoms with Crippen LogP contribution in [0.5, 0.6) is 11.5 Å². The van der Waals surface area contributed by atoms with Crippen molar-refractivity contribution in [1.29, 1.82) is 0 Å². The van der Waals surface area contributed by atoms with Crippen molar-refractivity contribution in [2.24, 2.45) is 0 Å². The summed E-state index contributed by atoms with van der Waals surface area (Å²) in [5, 5.41) is 24.5. The van der Waals surface area contributed by atoms with Crippen LogP contribution in [-0.2, 0) is 0 Å². The number of ketones is 1. The largest absolute Gasteiger partial charge is 0.507 e. The molecule has 7 heteroatoms.